The summed E-state index contributed by atoms with van der Waals surface area (Å²) >= 11 is 1.55. The number of hydrogen-bond acceptors (Lipinski definition) is 8. The number of aldehydes is 1. The van der Waals surface area contributed by atoms with Crippen LogP contribution in [0.25, 0.3) is 0 Å². The van der Waals surface area contributed by atoms with Crippen LogP contribution in [0.5, 0.6) is 0 Å². The van der Waals surface area contributed by atoms with Gasteiger partial charge in [-0.05, 0) is 69.8 Å². The molecule has 1 saturated heterocycles. The molecule has 3 N–H and O–H groups in total. The number of thioether (sulfide) groups is 1. The van der Waals surface area contributed by atoms with E-state index in [0.717, 1.165) is 53.0 Å². The summed E-state index contributed by atoms with van der Waals surface area (Å²) in [6.45, 7) is 22.1. The molecule has 1 aliphatic heterocycles. The van der Waals surface area contributed by atoms with Gasteiger partial charge in [-0.25, -0.2) is 0 Å². The van der Waals surface area contributed by atoms with E-state index in [1.807, 2.05) is 71.2 Å². The van der Waals surface area contributed by atoms with Gasteiger partial charge in [0, 0.05) is 36.1 Å². The van der Waals surface area contributed by atoms with Gasteiger partial charge in [-0.2, -0.15) is 0 Å². The molecule has 0 aliphatic carbocycles. The summed E-state index contributed by atoms with van der Waals surface area (Å²) in [5, 5.41) is 2.82. The number of hydrogen-bond donors (Lipinski definition) is 2. The van der Waals surface area contributed by atoms with E-state index < -0.39 is 6.04 Å². The molecule has 10 heteroatoms. The minimum atomic E-state index is -0.395. The molecule has 0 radical (unpaired) electrons. The number of allylic oxidation sites excluding steroid dienone is 3. The molecule has 260 valence electrons. The highest BCUT2D eigenvalue weighted by Gasteiger charge is 2.29. The maximum absolute atomic E-state index is 12.3. The van der Waals surface area contributed by atoms with Gasteiger partial charge >= 0.3 is 0 Å². The fourth-order valence-corrected chi connectivity index (χ4v) is 5.19. The van der Waals surface area contributed by atoms with E-state index in [0.29, 0.717) is 37.2 Å². The number of nitrogens with zero attached hydrogens (tertiary/aromatic N) is 3. The summed E-state index contributed by atoms with van der Waals surface area (Å²) in [4.78, 5) is 42.9. The van der Waals surface area contributed by atoms with Crippen LogP contribution < -0.4 is 11.1 Å². The molecule has 1 fully saturated rings. The Labute approximate surface area is 283 Å². The molecule has 9 nitrogen and oxygen atoms in total. The van der Waals surface area contributed by atoms with E-state index in [-0.39, 0.29) is 12.5 Å². The van der Waals surface area contributed by atoms with Crippen molar-refractivity contribution >= 4 is 37.1 Å². The molecule has 1 aromatic carbocycles. The van der Waals surface area contributed by atoms with Crippen LogP contribution in [0.3, 0.4) is 0 Å². The first kappa shape index (κ1) is 44.9. The zero-order valence-corrected chi connectivity index (χ0v) is 31.1. The van der Waals surface area contributed by atoms with Crippen molar-refractivity contribution in [2.45, 2.75) is 86.9 Å². The maximum atomic E-state index is 12.3. The molecule has 1 unspecified atom stereocenters. The summed E-state index contributed by atoms with van der Waals surface area (Å²) in [7, 11) is 3.65. The number of nitrogens with one attached hydrogen (secondary N) is 1. The lowest BCUT2D eigenvalue weighted by molar-refractivity contribution is -0.131. The van der Waals surface area contributed by atoms with Gasteiger partial charge in [0.15, 0.2) is 0 Å². The van der Waals surface area contributed by atoms with E-state index in [1.54, 1.807) is 24.9 Å². The third-order valence-electron chi connectivity index (χ3n) is 7.45. The summed E-state index contributed by atoms with van der Waals surface area (Å²) < 4.78 is 5.33. The lowest BCUT2D eigenvalue weighted by Crippen LogP contribution is -2.43. The molecule has 1 aliphatic rings. The van der Waals surface area contributed by atoms with Crippen LogP contribution in [0.15, 0.2) is 63.3 Å². The average Bonchev–Trinajstić information content (AvgIpc) is 3.58. The fourth-order valence-electron chi connectivity index (χ4n) is 4.42. The van der Waals surface area contributed by atoms with Gasteiger partial charge < -0.3 is 20.7 Å². The molecule has 0 spiro atoms. The summed E-state index contributed by atoms with van der Waals surface area (Å²) in [5.41, 5.74) is 9.47. The lowest BCUT2D eigenvalue weighted by atomic mass is 10.0. The first-order valence-corrected chi connectivity index (χ1v) is 17.4. The van der Waals surface area contributed by atoms with E-state index in [1.165, 1.54) is 4.90 Å². The van der Waals surface area contributed by atoms with Gasteiger partial charge in [0.25, 0.3) is 0 Å². The van der Waals surface area contributed by atoms with Gasteiger partial charge in [0.05, 0.1) is 19.4 Å². The van der Waals surface area contributed by atoms with Gasteiger partial charge in [-0.1, -0.05) is 71.9 Å². The fraction of sp³-hybridized carbons (Fsp3) is 0.556. The largest absolute Gasteiger partial charge is 0.499 e. The van der Waals surface area contributed by atoms with Gasteiger partial charge in [-0.3, -0.25) is 24.3 Å². The SMILES string of the molecule is C=N/C(C)=C(SC)/C(=C/C=C(/CNC(=O)[C@@H]1CCCN1C=O)OC)CN.CC.CC.CC(C)C(C)N(C)Cc1ccccc1C=O. The van der Waals surface area contributed by atoms with Crippen molar-refractivity contribution in [3.05, 3.63) is 69.5 Å². The van der Waals surface area contributed by atoms with Crippen molar-refractivity contribution in [2.75, 3.05) is 40.0 Å². The first-order chi connectivity index (χ1) is 22.1. The zero-order chi connectivity index (χ0) is 35.7. The highest BCUT2D eigenvalue weighted by molar-refractivity contribution is 8.02. The summed E-state index contributed by atoms with van der Waals surface area (Å²) in [5.74, 6) is 1.04. The standard InChI is InChI=1S/C18H28N4O3S.C14H21NO.2C2H6/c1-13(20-2)17(26-4)14(10-19)7-8-15(25-3)11-21-18(24)16-6-5-9-22(16)12-23;1-11(2)12(3)15(4)9-13-7-5-6-8-14(13)10-16;2*1-2/h7-8,12,16H,2,5-6,9-11,19H2,1,3-4H3,(H,21,24);5-8,10-12H,9H2,1-4H3;2*1-2H3/b14-7+,15-8-,17-13-;;;/t16-;;;/m0.../s1. The normalized spacial score (nSPS) is 15.6. The van der Waals surface area contributed by atoms with Crippen LogP contribution in [-0.2, 0) is 20.9 Å². The predicted octanol–water partition coefficient (Wildman–Crippen LogP) is 6.46. The Balaban J connectivity index is 0. The molecule has 1 aromatic rings. The van der Waals surface area contributed by atoms with E-state index >= 15 is 0 Å². The topological polar surface area (TPSA) is 117 Å². The molecule has 2 atom stereocenters. The second-order valence-corrected chi connectivity index (χ2v) is 11.3. The molecule has 0 bridgehead atoms. The Morgan fingerprint density at radius 1 is 1.20 bits per heavy atom. The van der Waals surface area contributed by atoms with Gasteiger partial charge in [-0.15, -0.1) is 11.8 Å². The van der Waals surface area contributed by atoms with Gasteiger partial charge in [0.1, 0.15) is 18.1 Å². The Bertz CT molecular complexity index is 1130. The van der Waals surface area contributed by atoms with Crippen LogP contribution in [0, 0.1) is 5.92 Å². The minimum absolute atomic E-state index is 0.169. The molecule has 2 rings (SSSR count). The second kappa shape index (κ2) is 27.0. The molecule has 1 heterocycles. The first-order valence-electron chi connectivity index (χ1n) is 16.2. The van der Waals surface area contributed by atoms with E-state index in [9.17, 15) is 14.4 Å². The van der Waals surface area contributed by atoms with Crippen LogP contribution >= 0.6 is 11.8 Å². The van der Waals surface area contributed by atoms with Crippen molar-refractivity contribution in [3.8, 4) is 0 Å². The Morgan fingerprint density at radius 3 is 2.33 bits per heavy atom. The quantitative estimate of drug-likeness (QED) is 0.0961. The number of likely N-dealkylation sites (tertiary alicyclic amines) is 1. The Hall–Kier alpha value is -3.21. The van der Waals surface area contributed by atoms with E-state index in [2.05, 4.69) is 49.7 Å². The molecular formula is C36H61N5O4S. The maximum Gasteiger partial charge on any atom is 0.243 e. The van der Waals surface area contributed by atoms with E-state index in [4.69, 9.17) is 10.5 Å². The molecule has 0 saturated carbocycles. The third-order valence-corrected chi connectivity index (χ3v) is 8.41. The Kier molecular flexibility index (Phi) is 26.3. The molecule has 0 aromatic heterocycles. The number of ether oxygens (including phenoxy) is 1. The average molecular weight is 660 g/mol. The third kappa shape index (κ3) is 15.9. The Morgan fingerprint density at radius 2 is 1.83 bits per heavy atom. The molecule has 46 heavy (non-hydrogen) atoms. The van der Waals surface area contributed by atoms with Crippen molar-refractivity contribution in [3.63, 3.8) is 0 Å². The van der Waals surface area contributed by atoms with Crippen molar-refractivity contribution in [1.82, 2.24) is 15.1 Å². The van der Waals surface area contributed by atoms with Crippen LogP contribution in [0.2, 0.25) is 0 Å². The number of carbonyl (C=O) groups excluding carboxylic acids is 3. The van der Waals surface area contributed by atoms with Crippen LogP contribution in [0.1, 0.15) is 84.2 Å². The minimum Gasteiger partial charge on any atom is -0.499 e. The van der Waals surface area contributed by atoms with Crippen LogP contribution in [0.4, 0.5) is 0 Å². The highest BCUT2D eigenvalue weighted by Crippen LogP contribution is 2.25. The monoisotopic (exact) mass is 659 g/mol. The number of aliphatic imine (C=N–C) groups is 1. The summed E-state index contributed by atoms with van der Waals surface area (Å²) in [6.07, 6.45) is 8.78. The highest BCUT2D eigenvalue weighted by atomic mass is 32.2. The van der Waals surface area contributed by atoms with Crippen molar-refractivity contribution in [2.24, 2.45) is 16.6 Å². The van der Waals surface area contributed by atoms with Crippen LogP contribution in [-0.4, -0.2) is 87.3 Å². The summed E-state index contributed by atoms with van der Waals surface area (Å²) in [6, 6.07) is 7.89. The van der Waals surface area contributed by atoms with Crippen molar-refractivity contribution < 1.29 is 19.1 Å². The molecular weight excluding hydrogens is 598 g/mol. The van der Waals surface area contributed by atoms with Crippen molar-refractivity contribution in [1.29, 1.82) is 0 Å². The zero-order valence-electron chi connectivity index (χ0n) is 30.3. The smallest absolute Gasteiger partial charge is 0.243 e. The molecule has 2 amide bonds. The number of amides is 2. The number of carbonyl (C=O) groups is 3. The van der Waals surface area contributed by atoms with Gasteiger partial charge in [0.2, 0.25) is 12.3 Å². The lowest BCUT2D eigenvalue weighted by Gasteiger charge is -2.28. The number of nitrogens with two attached hydrogens (primary N) is 1. The number of rotatable bonds is 15. The number of benzene rings is 1. The predicted molar refractivity (Wildman–Crippen MR) is 197 cm³/mol. The number of methoxy groups -OCH3 is 1. The second-order valence-electron chi connectivity index (χ2n) is 10.4.